The maximum absolute atomic E-state index is 12.8. The lowest BCUT2D eigenvalue weighted by Crippen LogP contribution is -2.22. The summed E-state index contributed by atoms with van der Waals surface area (Å²) in [6.45, 7) is 0. The van der Waals surface area contributed by atoms with Crippen molar-refractivity contribution in [2.24, 2.45) is 0 Å². The van der Waals surface area contributed by atoms with Crippen molar-refractivity contribution in [2.45, 2.75) is 18.8 Å². The molecule has 0 aliphatic heterocycles. The second-order valence-electron chi connectivity index (χ2n) is 7.07. The van der Waals surface area contributed by atoms with E-state index < -0.39 is 0 Å². The summed E-state index contributed by atoms with van der Waals surface area (Å²) in [6.07, 6.45) is 2.76. The predicted molar refractivity (Wildman–Crippen MR) is 110 cm³/mol. The summed E-state index contributed by atoms with van der Waals surface area (Å²) in [5, 5.41) is 5.34. The monoisotopic (exact) mass is 404 g/mol. The molecule has 2 aromatic carbocycles. The first-order valence-corrected chi connectivity index (χ1v) is 9.68. The Labute approximate surface area is 172 Å². The van der Waals surface area contributed by atoms with Crippen LogP contribution in [0.5, 0.6) is 5.75 Å². The van der Waals surface area contributed by atoms with E-state index in [1.54, 1.807) is 17.8 Å². The Hall–Kier alpha value is -3.25. The Morgan fingerprint density at radius 2 is 1.83 bits per heavy atom. The highest BCUT2D eigenvalue weighted by molar-refractivity contribution is 6.30. The topological polar surface area (TPSA) is 69.4 Å². The molecule has 0 N–H and O–H groups in total. The van der Waals surface area contributed by atoms with E-state index in [1.165, 1.54) is 0 Å². The molecule has 29 heavy (non-hydrogen) atoms. The SMILES string of the molecule is COc1ccc(-c2nc3ncc4c(n3n2)CC(c2ccc(Cl)cc2)CC4=O)cc1. The molecule has 1 aliphatic rings. The van der Waals surface area contributed by atoms with Crippen LogP contribution in [0.1, 0.15) is 34.0 Å². The lowest BCUT2D eigenvalue weighted by Gasteiger charge is -2.23. The van der Waals surface area contributed by atoms with Crippen LogP contribution in [-0.4, -0.2) is 32.5 Å². The van der Waals surface area contributed by atoms with Crippen LogP contribution in [0.15, 0.2) is 54.7 Å². The van der Waals surface area contributed by atoms with Crippen molar-refractivity contribution < 1.29 is 9.53 Å². The molecule has 0 saturated heterocycles. The molecule has 0 amide bonds. The van der Waals surface area contributed by atoms with Gasteiger partial charge in [0, 0.05) is 23.2 Å². The largest absolute Gasteiger partial charge is 0.497 e. The van der Waals surface area contributed by atoms with Crippen molar-refractivity contribution in [1.29, 1.82) is 0 Å². The first kappa shape index (κ1) is 17.8. The number of ketones is 1. The summed E-state index contributed by atoms with van der Waals surface area (Å²) in [7, 11) is 1.63. The number of carbonyl (C=O) groups excluding carboxylic acids is 1. The van der Waals surface area contributed by atoms with Gasteiger partial charge >= 0.3 is 0 Å². The third-order valence-electron chi connectivity index (χ3n) is 5.33. The molecular formula is C22H17ClN4O2. The van der Waals surface area contributed by atoms with Gasteiger partial charge < -0.3 is 4.74 Å². The average molecular weight is 405 g/mol. The number of hydrogen-bond acceptors (Lipinski definition) is 5. The third-order valence-corrected chi connectivity index (χ3v) is 5.58. The van der Waals surface area contributed by atoms with Gasteiger partial charge in [-0.1, -0.05) is 23.7 Å². The Kier molecular flexibility index (Phi) is 4.28. The highest BCUT2D eigenvalue weighted by Gasteiger charge is 2.29. The van der Waals surface area contributed by atoms with Crippen LogP contribution in [0, 0.1) is 0 Å². The number of rotatable bonds is 3. The fourth-order valence-corrected chi connectivity index (χ4v) is 3.91. The summed E-state index contributed by atoms with van der Waals surface area (Å²) >= 11 is 6.01. The van der Waals surface area contributed by atoms with Crippen molar-refractivity contribution in [3.05, 3.63) is 76.6 Å². The van der Waals surface area contributed by atoms with Crippen LogP contribution >= 0.6 is 11.6 Å². The molecule has 6 nitrogen and oxygen atoms in total. The van der Waals surface area contributed by atoms with Gasteiger partial charge in [0.1, 0.15) is 5.75 Å². The molecule has 1 unspecified atom stereocenters. The summed E-state index contributed by atoms with van der Waals surface area (Å²) in [4.78, 5) is 21.7. The summed E-state index contributed by atoms with van der Waals surface area (Å²) in [5.41, 5.74) is 3.42. The Bertz CT molecular complexity index is 1220. The highest BCUT2D eigenvalue weighted by Crippen LogP contribution is 2.33. The van der Waals surface area contributed by atoms with Crippen molar-refractivity contribution >= 4 is 23.2 Å². The molecule has 0 spiro atoms. The molecule has 144 valence electrons. The fourth-order valence-electron chi connectivity index (χ4n) is 3.78. The van der Waals surface area contributed by atoms with Crippen LogP contribution in [0.3, 0.4) is 0 Å². The zero-order valence-corrected chi connectivity index (χ0v) is 16.4. The number of ether oxygens (including phenoxy) is 1. The van der Waals surface area contributed by atoms with E-state index in [0.717, 1.165) is 22.6 Å². The van der Waals surface area contributed by atoms with Gasteiger partial charge in [-0.2, -0.15) is 9.50 Å². The lowest BCUT2D eigenvalue weighted by molar-refractivity contribution is 0.0962. The number of carbonyl (C=O) groups is 1. The van der Waals surface area contributed by atoms with Gasteiger partial charge in [-0.05, 0) is 54.3 Å². The predicted octanol–water partition coefficient (Wildman–Crippen LogP) is 4.37. The van der Waals surface area contributed by atoms with E-state index in [0.29, 0.717) is 35.0 Å². The molecule has 1 atom stereocenters. The summed E-state index contributed by atoms with van der Waals surface area (Å²) in [6, 6.07) is 15.2. The van der Waals surface area contributed by atoms with Gasteiger partial charge in [-0.25, -0.2) is 4.98 Å². The highest BCUT2D eigenvalue weighted by atomic mass is 35.5. The van der Waals surface area contributed by atoms with Gasteiger partial charge in [0.2, 0.25) is 0 Å². The quantitative estimate of drug-likeness (QED) is 0.507. The maximum Gasteiger partial charge on any atom is 0.252 e. The van der Waals surface area contributed by atoms with Crippen molar-refractivity contribution in [3.8, 4) is 17.1 Å². The number of aromatic nitrogens is 4. The van der Waals surface area contributed by atoms with E-state index in [1.807, 2.05) is 48.5 Å². The van der Waals surface area contributed by atoms with Crippen molar-refractivity contribution in [1.82, 2.24) is 19.6 Å². The minimum Gasteiger partial charge on any atom is -0.497 e. The lowest BCUT2D eigenvalue weighted by atomic mass is 9.82. The number of benzene rings is 2. The fraction of sp³-hybridized carbons (Fsp3) is 0.182. The minimum atomic E-state index is 0.0714. The zero-order valence-electron chi connectivity index (χ0n) is 15.7. The number of fused-ring (bicyclic) bond motifs is 3. The molecule has 7 heteroatoms. The number of halogens is 1. The summed E-state index contributed by atoms with van der Waals surface area (Å²) in [5.74, 6) is 1.96. The van der Waals surface area contributed by atoms with Crippen LogP contribution in [0.4, 0.5) is 0 Å². The van der Waals surface area contributed by atoms with E-state index >= 15 is 0 Å². The molecule has 0 saturated carbocycles. The number of nitrogens with zero attached hydrogens (tertiary/aromatic N) is 4. The van der Waals surface area contributed by atoms with Crippen LogP contribution in [0.2, 0.25) is 5.02 Å². The van der Waals surface area contributed by atoms with Gasteiger partial charge in [0.15, 0.2) is 11.6 Å². The number of Topliss-reactive ketones (excluding diaryl/α,β-unsaturated/α-hetero) is 1. The van der Waals surface area contributed by atoms with Crippen molar-refractivity contribution in [3.63, 3.8) is 0 Å². The third kappa shape index (κ3) is 3.15. The van der Waals surface area contributed by atoms with E-state index in [-0.39, 0.29) is 11.7 Å². The van der Waals surface area contributed by atoms with Gasteiger partial charge in [-0.3, -0.25) is 4.79 Å². The normalized spacial score (nSPS) is 16.1. The molecule has 2 aromatic heterocycles. The molecule has 2 heterocycles. The summed E-state index contributed by atoms with van der Waals surface area (Å²) < 4.78 is 6.91. The smallest absolute Gasteiger partial charge is 0.252 e. The van der Waals surface area contributed by atoms with Crippen LogP contribution in [0.25, 0.3) is 17.2 Å². The molecule has 5 rings (SSSR count). The molecule has 1 aliphatic carbocycles. The van der Waals surface area contributed by atoms with Crippen LogP contribution < -0.4 is 4.74 Å². The standard InChI is InChI=1S/C22H17ClN4O2/c1-29-17-8-4-14(5-9-17)21-25-22-24-12-18-19(27(22)26-21)10-15(11-20(18)28)13-2-6-16(23)7-3-13/h2-9,12,15H,10-11H2,1H3. The molecule has 0 fully saturated rings. The second kappa shape index (κ2) is 6.97. The second-order valence-corrected chi connectivity index (χ2v) is 7.51. The molecular weight excluding hydrogens is 388 g/mol. The van der Waals surface area contributed by atoms with E-state index in [4.69, 9.17) is 16.3 Å². The Morgan fingerprint density at radius 3 is 2.55 bits per heavy atom. The number of methoxy groups -OCH3 is 1. The van der Waals surface area contributed by atoms with Crippen molar-refractivity contribution in [2.75, 3.05) is 7.11 Å². The molecule has 4 aromatic rings. The van der Waals surface area contributed by atoms with Gasteiger partial charge in [0.25, 0.3) is 5.78 Å². The zero-order chi connectivity index (χ0) is 20.0. The average Bonchev–Trinajstić information content (AvgIpc) is 3.19. The van der Waals surface area contributed by atoms with E-state index in [9.17, 15) is 4.79 Å². The molecule has 0 bridgehead atoms. The van der Waals surface area contributed by atoms with Gasteiger partial charge in [0.05, 0.1) is 18.4 Å². The first-order valence-electron chi connectivity index (χ1n) is 9.30. The Morgan fingerprint density at radius 1 is 1.07 bits per heavy atom. The van der Waals surface area contributed by atoms with Crippen LogP contribution in [-0.2, 0) is 6.42 Å². The number of hydrogen-bond donors (Lipinski definition) is 0. The Balaban J connectivity index is 1.57. The van der Waals surface area contributed by atoms with Gasteiger partial charge in [-0.15, -0.1) is 5.10 Å². The maximum atomic E-state index is 12.8. The molecule has 0 radical (unpaired) electrons. The minimum absolute atomic E-state index is 0.0714. The van der Waals surface area contributed by atoms with E-state index in [2.05, 4.69) is 15.1 Å². The first-order chi connectivity index (χ1) is 14.1.